The Morgan fingerprint density at radius 2 is 1.71 bits per heavy atom. The van der Waals surface area contributed by atoms with Crippen LogP contribution in [0.15, 0.2) is 48.5 Å². The molecule has 1 saturated carbocycles. The van der Waals surface area contributed by atoms with Crippen molar-refractivity contribution in [1.29, 1.82) is 0 Å². The van der Waals surface area contributed by atoms with Gasteiger partial charge in [-0.3, -0.25) is 19.4 Å². The van der Waals surface area contributed by atoms with E-state index in [0.717, 1.165) is 36.7 Å². The highest BCUT2D eigenvalue weighted by Gasteiger charge is 2.37. The van der Waals surface area contributed by atoms with Gasteiger partial charge < -0.3 is 15.1 Å². The molecule has 34 heavy (non-hydrogen) atoms. The van der Waals surface area contributed by atoms with E-state index in [1.165, 1.54) is 24.8 Å². The molecule has 0 aromatic heterocycles. The molecule has 0 unspecified atom stereocenters. The summed E-state index contributed by atoms with van der Waals surface area (Å²) in [4.78, 5) is 30.2. The quantitative estimate of drug-likeness (QED) is 0.621. The van der Waals surface area contributed by atoms with E-state index in [4.69, 9.17) is 5.11 Å². The lowest BCUT2D eigenvalue weighted by Crippen LogP contribution is -2.57. The van der Waals surface area contributed by atoms with Crippen molar-refractivity contribution < 1.29 is 19.8 Å². The maximum atomic E-state index is 12.9. The van der Waals surface area contributed by atoms with Crippen molar-refractivity contribution in [2.75, 3.05) is 33.2 Å². The molecule has 2 aliphatic rings. The molecule has 2 fully saturated rings. The number of carbonyl (C=O) groups excluding carboxylic acids is 1. The van der Waals surface area contributed by atoms with Gasteiger partial charge in [-0.2, -0.15) is 0 Å². The van der Waals surface area contributed by atoms with Gasteiger partial charge in [0.05, 0.1) is 6.04 Å². The number of benzene rings is 2. The van der Waals surface area contributed by atoms with E-state index >= 15 is 0 Å². The van der Waals surface area contributed by atoms with E-state index in [-0.39, 0.29) is 30.3 Å². The molecule has 3 atom stereocenters. The number of phenolic OH excluding ortho intramolecular Hbond substituents is 1. The maximum Gasteiger partial charge on any atom is 0.323 e. The van der Waals surface area contributed by atoms with Crippen LogP contribution < -0.4 is 0 Å². The Balaban J connectivity index is 1.66. The highest BCUT2D eigenvalue weighted by atomic mass is 16.4. The lowest BCUT2D eigenvalue weighted by atomic mass is 9.92. The maximum absolute atomic E-state index is 12.9. The summed E-state index contributed by atoms with van der Waals surface area (Å²) in [6.07, 6.45) is 2.68. The first-order valence-electron chi connectivity index (χ1n) is 12.1. The zero-order valence-electron chi connectivity index (χ0n) is 20.2. The molecular formula is C27H35N3O4. The van der Waals surface area contributed by atoms with Gasteiger partial charge in [0.15, 0.2) is 0 Å². The summed E-state index contributed by atoms with van der Waals surface area (Å²) in [5.41, 5.74) is 2.38. The summed E-state index contributed by atoms with van der Waals surface area (Å²) >= 11 is 0. The fraction of sp³-hybridized carbons (Fsp3) is 0.481. The van der Waals surface area contributed by atoms with Crippen molar-refractivity contribution in [1.82, 2.24) is 14.7 Å². The second kappa shape index (κ2) is 10.2. The molecule has 0 radical (unpaired) electrons. The van der Waals surface area contributed by atoms with Crippen LogP contribution in [0.2, 0.25) is 0 Å². The summed E-state index contributed by atoms with van der Waals surface area (Å²) in [6, 6.07) is 15.3. The van der Waals surface area contributed by atoms with Crippen LogP contribution in [-0.4, -0.2) is 82.1 Å². The van der Waals surface area contributed by atoms with Gasteiger partial charge in [-0.25, -0.2) is 0 Å². The third kappa shape index (κ3) is 5.59. The molecule has 2 aromatic carbocycles. The number of carboxylic acids is 1. The first kappa shape index (κ1) is 24.2. The molecule has 7 nitrogen and oxygen atoms in total. The number of hydrogen-bond acceptors (Lipinski definition) is 5. The fourth-order valence-corrected chi connectivity index (χ4v) is 5.08. The third-order valence-electron chi connectivity index (χ3n) is 7.04. The number of aliphatic carboxylic acids is 1. The number of piperazine rings is 1. The van der Waals surface area contributed by atoms with Crippen molar-refractivity contribution in [3.63, 3.8) is 0 Å². The number of phenols is 1. The van der Waals surface area contributed by atoms with Gasteiger partial charge in [-0.15, -0.1) is 0 Å². The minimum absolute atomic E-state index is 0.134. The summed E-state index contributed by atoms with van der Waals surface area (Å²) < 4.78 is 0. The van der Waals surface area contributed by atoms with Gasteiger partial charge in [0, 0.05) is 44.3 Å². The molecule has 1 saturated heterocycles. The lowest BCUT2D eigenvalue weighted by molar-refractivity contribution is -0.137. The zero-order valence-corrected chi connectivity index (χ0v) is 20.2. The second-order valence-electron chi connectivity index (χ2n) is 9.97. The smallest absolute Gasteiger partial charge is 0.323 e. The number of carboxylic acid groups (broad SMARTS) is 1. The molecule has 1 aliphatic heterocycles. The number of likely N-dealkylation sites (N-methyl/N-ethyl adjacent to an activating group) is 1. The average Bonchev–Trinajstić information content (AvgIpc) is 3.60. The molecule has 2 aromatic rings. The highest BCUT2D eigenvalue weighted by Crippen LogP contribution is 2.36. The molecule has 182 valence electrons. The molecule has 4 rings (SSSR count). The minimum Gasteiger partial charge on any atom is -0.508 e. The van der Waals surface area contributed by atoms with Crippen LogP contribution in [0, 0.1) is 5.92 Å². The predicted molar refractivity (Wildman–Crippen MR) is 131 cm³/mol. The molecule has 0 spiro atoms. The molecule has 0 bridgehead atoms. The van der Waals surface area contributed by atoms with Crippen molar-refractivity contribution in [2.45, 2.75) is 44.8 Å². The van der Waals surface area contributed by atoms with Gasteiger partial charge in [-0.1, -0.05) is 24.3 Å². The average molecular weight is 466 g/mol. The molecule has 1 amide bonds. The summed E-state index contributed by atoms with van der Waals surface area (Å²) in [5, 5.41) is 19.3. The normalized spacial score (nSPS) is 22.3. The van der Waals surface area contributed by atoms with E-state index in [1.54, 1.807) is 18.2 Å². The Morgan fingerprint density at radius 3 is 2.35 bits per heavy atom. The highest BCUT2D eigenvalue weighted by molar-refractivity contribution is 5.95. The SMILES string of the molecule is C[C@@H]1CN([C@@H](c2cccc(O)c2)c2cccc(C(=O)N(C)CC(=O)O)c2)[C@@H](C)CN1CC1CC1. The standard InChI is InChI=1S/C27H35N3O4/c1-18-15-30(19(2)14-29(18)16-20-10-11-20)26(22-7-5-9-24(31)13-22)21-6-4-8-23(12-21)27(34)28(3)17-25(32)33/h4-9,12-13,18-20,26,31H,10-11,14-17H2,1-3H3,(H,32,33)/t18-,19+,26-/m1/s1. The Morgan fingerprint density at radius 1 is 1.03 bits per heavy atom. The number of carbonyl (C=O) groups is 2. The Labute approximate surface area is 201 Å². The minimum atomic E-state index is -1.04. The molecule has 1 heterocycles. The Hall–Kier alpha value is -2.90. The Bertz CT molecular complexity index is 1040. The summed E-state index contributed by atoms with van der Waals surface area (Å²) in [6.45, 7) is 7.20. The van der Waals surface area contributed by atoms with Gasteiger partial charge in [0.25, 0.3) is 5.91 Å². The van der Waals surface area contributed by atoms with Crippen molar-refractivity contribution >= 4 is 11.9 Å². The van der Waals surface area contributed by atoms with Crippen LogP contribution in [0.3, 0.4) is 0 Å². The van der Waals surface area contributed by atoms with E-state index in [0.29, 0.717) is 11.6 Å². The van der Waals surface area contributed by atoms with E-state index in [2.05, 4.69) is 23.6 Å². The van der Waals surface area contributed by atoms with Crippen LogP contribution in [0.5, 0.6) is 5.75 Å². The van der Waals surface area contributed by atoms with Crippen molar-refractivity contribution in [3.8, 4) is 5.75 Å². The summed E-state index contributed by atoms with van der Waals surface area (Å²) in [5.74, 6) is -0.316. The molecule has 7 heteroatoms. The van der Waals surface area contributed by atoms with Gasteiger partial charge in [0.2, 0.25) is 0 Å². The number of aromatic hydroxyl groups is 1. The van der Waals surface area contributed by atoms with Crippen LogP contribution in [0.25, 0.3) is 0 Å². The second-order valence-corrected chi connectivity index (χ2v) is 9.97. The number of amides is 1. The topological polar surface area (TPSA) is 84.3 Å². The van der Waals surface area contributed by atoms with E-state index in [1.807, 2.05) is 30.3 Å². The van der Waals surface area contributed by atoms with Crippen LogP contribution >= 0.6 is 0 Å². The van der Waals surface area contributed by atoms with E-state index < -0.39 is 5.97 Å². The summed E-state index contributed by atoms with van der Waals surface area (Å²) in [7, 11) is 1.50. The van der Waals surface area contributed by atoms with Crippen molar-refractivity contribution in [3.05, 3.63) is 65.2 Å². The first-order valence-corrected chi connectivity index (χ1v) is 12.1. The number of rotatable bonds is 8. The van der Waals surface area contributed by atoms with Gasteiger partial charge in [0.1, 0.15) is 12.3 Å². The third-order valence-corrected chi connectivity index (χ3v) is 7.04. The zero-order chi connectivity index (χ0) is 24.4. The monoisotopic (exact) mass is 465 g/mol. The van der Waals surface area contributed by atoms with Crippen LogP contribution in [-0.2, 0) is 4.79 Å². The first-order chi connectivity index (χ1) is 16.2. The molecular weight excluding hydrogens is 430 g/mol. The number of hydrogen-bond donors (Lipinski definition) is 2. The number of nitrogens with zero attached hydrogens (tertiary/aromatic N) is 3. The van der Waals surface area contributed by atoms with Crippen molar-refractivity contribution in [2.24, 2.45) is 5.92 Å². The largest absolute Gasteiger partial charge is 0.508 e. The van der Waals surface area contributed by atoms with Gasteiger partial charge >= 0.3 is 5.97 Å². The fourth-order valence-electron chi connectivity index (χ4n) is 5.08. The van der Waals surface area contributed by atoms with Gasteiger partial charge in [-0.05, 0) is 68.0 Å². The Kier molecular flexibility index (Phi) is 7.24. The molecule has 1 aliphatic carbocycles. The van der Waals surface area contributed by atoms with Crippen LogP contribution in [0.1, 0.15) is 54.2 Å². The predicted octanol–water partition coefficient (Wildman–Crippen LogP) is 3.44. The van der Waals surface area contributed by atoms with E-state index in [9.17, 15) is 14.7 Å². The van der Waals surface area contributed by atoms with Crippen LogP contribution in [0.4, 0.5) is 0 Å². The molecule has 2 N–H and O–H groups in total. The lowest BCUT2D eigenvalue weighted by Gasteiger charge is -2.48.